The summed E-state index contributed by atoms with van der Waals surface area (Å²) in [5.41, 5.74) is 6.59. The maximum atomic E-state index is 13.0. The van der Waals surface area contributed by atoms with E-state index in [1.807, 2.05) is 6.92 Å². The topological polar surface area (TPSA) is 35.2 Å². The summed E-state index contributed by atoms with van der Waals surface area (Å²) in [5, 5.41) is 0.548. The largest absolute Gasteiger partial charge is 0.380 e. The van der Waals surface area contributed by atoms with Crippen molar-refractivity contribution in [1.82, 2.24) is 0 Å². The van der Waals surface area contributed by atoms with Crippen LogP contribution in [0.15, 0.2) is 18.2 Å². The van der Waals surface area contributed by atoms with Gasteiger partial charge < -0.3 is 10.5 Å². The van der Waals surface area contributed by atoms with Crippen molar-refractivity contribution in [2.24, 2.45) is 5.73 Å². The van der Waals surface area contributed by atoms with Gasteiger partial charge in [-0.15, -0.1) is 0 Å². The van der Waals surface area contributed by atoms with Crippen LogP contribution in [0.2, 0.25) is 5.02 Å². The van der Waals surface area contributed by atoms with E-state index in [-0.39, 0.29) is 11.9 Å². The molecule has 90 valence electrons. The van der Waals surface area contributed by atoms with Crippen LogP contribution in [0, 0.1) is 5.82 Å². The molecular weight excluding hydrogens is 229 g/mol. The molecule has 0 aliphatic carbocycles. The Hall–Kier alpha value is -0.640. The lowest BCUT2D eigenvalue weighted by Gasteiger charge is -2.13. The molecule has 1 atom stereocenters. The Morgan fingerprint density at radius 2 is 2.25 bits per heavy atom. The van der Waals surface area contributed by atoms with Gasteiger partial charge >= 0.3 is 0 Å². The predicted molar refractivity (Wildman–Crippen MR) is 64.2 cm³/mol. The third-order valence-electron chi connectivity index (χ3n) is 2.17. The lowest BCUT2D eigenvalue weighted by atomic mass is 10.1. The average molecular weight is 246 g/mol. The van der Waals surface area contributed by atoms with Crippen molar-refractivity contribution >= 4 is 11.6 Å². The van der Waals surface area contributed by atoms with Gasteiger partial charge in [0.2, 0.25) is 0 Å². The first-order valence-electron chi connectivity index (χ1n) is 5.40. The maximum absolute atomic E-state index is 13.0. The highest BCUT2D eigenvalue weighted by Crippen LogP contribution is 2.18. The summed E-state index contributed by atoms with van der Waals surface area (Å²) in [6.07, 6.45) is 1.49. The molecule has 0 saturated heterocycles. The zero-order valence-corrected chi connectivity index (χ0v) is 10.1. The molecular formula is C12H17ClFNO. The van der Waals surface area contributed by atoms with Crippen LogP contribution < -0.4 is 5.73 Å². The second-order valence-electron chi connectivity index (χ2n) is 3.77. The summed E-state index contributed by atoms with van der Waals surface area (Å²) in [6.45, 7) is 3.21. The van der Waals surface area contributed by atoms with Gasteiger partial charge in [-0.1, -0.05) is 18.5 Å². The minimum atomic E-state index is -0.291. The van der Waals surface area contributed by atoms with E-state index in [0.717, 1.165) is 12.0 Å². The number of hydrogen-bond donors (Lipinski definition) is 1. The van der Waals surface area contributed by atoms with Crippen molar-refractivity contribution in [3.63, 3.8) is 0 Å². The van der Waals surface area contributed by atoms with Crippen LogP contribution in [-0.2, 0) is 11.2 Å². The van der Waals surface area contributed by atoms with Crippen LogP contribution in [0.1, 0.15) is 18.9 Å². The van der Waals surface area contributed by atoms with E-state index in [1.165, 1.54) is 12.1 Å². The Morgan fingerprint density at radius 1 is 1.50 bits per heavy atom. The number of ether oxygens (including phenoxy) is 1. The zero-order chi connectivity index (χ0) is 12.0. The Kier molecular flexibility index (Phi) is 5.74. The van der Waals surface area contributed by atoms with Gasteiger partial charge in [-0.3, -0.25) is 0 Å². The Balaban J connectivity index is 2.48. The summed E-state index contributed by atoms with van der Waals surface area (Å²) in [5.74, 6) is -0.291. The van der Waals surface area contributed by atoms with Gasteiger partial charge in [0.25, 0.3) is 0 Å². The van der Waals surface area contributed by atoms with Gasteiger partial charge in [0.15, 0.2) is 0 Å². The first-order chi connectivity index (χ1) is 7.63. The summed E-state index contributed by atoms with van der Waals surface area (Å²) >= 11 is 5.94. The number of halogens is 2. The molecule has 1 aromatic carbocycles. The van der Waals surface area contributed by atoms with Crippen molar-refractivity contribution in [3.05, 3.63) is 34.6 Å². The van der Waals surface area contributed by atoms with Crippen LogP contribution in [0.5, 0.6) is 0 Å². The highest BCUT2D eigenvalue weighted by molar-refractivity contribution is 6.31. The van der Waals surface area contributed by atoms with Gasteiger partial charge in [-0.05, 0) is 36.6 Å². The van der Waals surface area contributed by atoms with Gasteiger partial charge in [0.1, 0.15) is 5.82 Å². The lowest BCUT2D eigenvalue weighted by molar-refractivity contribution is 0.121. The summed E-state index contributed by atoms with van der Waals surface area (Å²) in [7, 11) is 0. The van der Waals surface area contributed by atoms with Crippen LogP contribution >= 0.6 is 11.6 Å². The minimum absolute atomic E-state index is 0.147. The standard InChI is InChI=1S/C12H17ClFNO/c1-2-5-16-8-11(15)7-9-6-10(14)3-4-12(9)13/h3-4,6,11H,2,5,7-8,15H2,1H3. The first kappa shape index (κ1) is 13.4. The van der Waals surface area contributed by atoms with Crippen molar-refractivity contribution in [3.8, 4) is 0 Å². The fourth-order valence-electron chi connectivity index (χ4n) is 1.42. The minimum Gasteiger partial charge on any atom is -0.380 e. The molecule has 0 amide bonds. The normalized spacial score (nSPS) is 12.8. The van der Waals surface area contributed by atoms with Crippen molar-refractivity contribution in [2.75, 3.05) is 13.2 Å². The first-order valence-corrected chi connectivity index (χ1v) is 5.78. The number of hydrogen-bond acceptors (Lipinski definition) is 2. The monoisotopic (exact) mass is 245 g/mol. The second-order valence-corrected chi connectivity index (χ2v) is 4.18. The third kappa shape index (κ3) is 4.47. The summed E-state index contributed by atoms with van der Waals surface area (Å²) in [4.78, 5) is 0. The number of benzene rings is 1. The Bertz CT molecular complexity index is 333. The highest BCUT2D eigenvalue weighted by atomic mass is 35.5. The van der Waals surface area contributed by atoms with Crippen molar-refractivity contribution < 1.29 is 9.13 Å². The van der Waals surface area contributed by atoms with E-state index in [0.29, 0.717) is 24.7 Å². The fraction of sp³-hybridized carbons (Fsp3) is 0.500. The quantitative estimate of drug-likeness (QED) is 0.783. The molecule has 0 aromatic heterocycles. The molecule has 2 nitrogen and oxygen atoms in total. The molecule has 0 aliphatic rings. The average Bonchev–Trinajstić information content (AvgIpc) is 2.24. The van der Waals surface area contributed by atoms with Crippen LogP contribution in [0.3, 0.4) is 0 Å². The van der Waals surface area contributed by atoms with E-state index in [1.54, 1.807) is 6.07 Å². The molecule has 1 rings (SSSR count). The zero-order valence-electron chi connectivity index (χ0n) is 9.38. The van der Waals surface area contributed by atoms with Crippen LogP contribution in [0.4, 0.5) is 4.39 Å². The molecule has 0 saturated carbocycles. The predicted octanol–water partition coefficient (Wildman–Crippen LogP) is 2.78. The van der Waals surface area contributed by atoms with Crippen molar-refractivity contribution in [1.29, 1.82) is 0 Å². The SMILES string of the molecule is CCCOCC(N)Cc1cc(F)ccc1Cl. The fourth-order valence-corrected chi connectivity index (χ4v) is 1.61. The molecule has 1 unspecified atom stereocenters. The maximum Gasteiger partial charge on any atom is 0.123 e. The van der Waals surface area contributed by atoms with E-state index in [9.17, 15) is 4.39 Å². The number of nitrogens with two attached hydrogens (primary N) is 1. The lowest BCUT2D eigenvalue weighted by Crippen LogP contribution is -2.29. The molecule has 0 fully saturated rings. The van der Waals surface area contributed by atoms with Gasteiger partial charge in [0, 0.05) is 17.7 Å². The van der Waals surface area contributed by atoms with Crippen LogP contribution in [-0.4, -0.2) is 19.3 Å². The summed E-state index contributed by atoms with van der Waals surface area (Å²) in [6, 6.07) is 4.16. The van der Waals surface area contributed by atoms with Crippen LogP contribution in [0.25, 0.3) is 0 Å². The molecule has 0 aliphatic heterocycles. The van der Waals surface area contributed by atoms with E-state index in [2.05, 4.69) is 0 Å². The van der Waals surface area contributed by atoms with E-state index >= 15 is 0 Å². The third-order valence-corrected chi connectivity index (χ3v) is 2.54. The van der Waals surface area contributed by atoms with E-state index < -0.39 is 0 Å². The molecule has 4 heteroatoms. The number of rotatable bonds is 6. The van der Waals surface area contributed by atoms with Crippen molar-refractivity contribution in [2.45, 2.75) is 25.8 Å². The molecule has 0 spiro atoms. The van der Waals surface area contributed by atoms with Gasteiger partial charge in [0.05, 0.1) is 6.61 Å². The Labute approximate surface area is 101 Å². The van der Waals surface area contributed by atoms with Gasteiger partial charge in [-0.25, -0.2) is 4.39 Å². The molecule has 16 heavy (non-hydrogen) atoms. The van der Waals surface area contributed by atoms with E-state index in [4.69, 9.17) is 22.1 Å². The highest BCUT2D eigenvalue weighted by Gasteiger charge is 2.08. The Morgan fingerprint density at radius 3 is 2.94 bits per heavy atom. The molecule has 0 bridgehead atoms. The van der Waals surface area contributed by atoms with Gasteiger partial charge in [-0.2, -0.15) is 0 Å². The molecule has 2 N–H and O–H groups in total. The second kappa shape index (κ2) is 6.84. The smallest absolute Gasteiger partial charge is 0.123 e. The summed E-state index contributed by atoms with van der Waals surface area (Å²) < 4.78 is 18.3. The molecule has 1 aromatic rings. The molecule has 0 radical (unpaired) electrons. The molecule has 0 heterocycles.